The fraction of sp³-hybridized carbons (Fsp3) is 1.00. The Hall–Kier alpha value is 0.0169. The lowest BCUT2D eigenvalue weighted by atomic mass is 10.2. The van der Waals surface area contributed by atoms with Crippen molar-refractivity contribution in [1.82, 2.24) is 0 Å². The van der Waals surface area contributed by atoms with Gasteiger partial charge in [-0.2, -0.15) is 0 Å². The first kappa shape index (κ1) is 15.1. The standard InChI is InChI=1S/C11H24O5Si/c1-12-17(13-2,14-3)9-5-7-15-10-11-6-4-8-16-11/h11H,4-10H2,1-3H3. The van der Waals surface area contributed by atoms with Crippen LogP contribution in [0.1, 0.15) is 19.3 Å². The molecule has 0 aliphatic carbocycles. The first-order valence-electron chi connectivity index (χ1n) is 6.11. The largest absolute Gasteiger partial charge is 0.500 e. The first-order valence-corrected chi connectivity index (χ1v) is 8.04. The van der Waals surface area contributed by atoms with E-state index in [1.807, 2.05) is 0 Å². The molecule has 1 saturated heterocycles. The van der Waals surface area contributed by atoms with E-state index in [0.717, 1.165) is 31.9 Å². The zero-order valence-corrected chi connectivity index (χ0v) is 12.1. The van der Waals surface area contributed by atoms with Gasteiger partial charge in [0, 0.05) is 40.6 Å². The zero-order valence-electron chi connectivity index (χ0n) is 11.1. The summed E-state index contributed by atoms with van der Waals surface area (Å²) in [6.45, 7) is 2.27. The molecule has 0 N–H and O–H groups in total. The Balaban J connectivity index is 2.05. The molecule has 1 fully saturated rings. The van der Waals surface area contributed by atoms with E-state index in [9.17, 15) is 0 Å². The van der Waals surface area contributed by atoms with Gasteiger partial charge in [-0.05, 0) is 19.3 Å². The second-order valence-corrected chi connectivity index (χ2v) is 7.20. The number of rotatable bonds is 9. The fourth-order valence-corrected chi connectivity index (χ4v) is 3.63. The molecule has 1 atom stereocenters. The van der Waals surface area contributed by atoms with Gasteiger partial charge in [-0.1, -0.05) is 0 Å². The Morgan fingerprint density at radius 2 is 1.88 bits per heavy atom. The second kappa shape index (κ2) is 8.18. The van der Waals surface area contributed by atoms with Crippen molar-refractivity contribution >= 4 is 8.80 Å². The Labute approximate surface area is 105 Å². The van der Waals surface area contributed by atoms with E-state index in [1.165, 1.54) is 0 Å². The topological polar surface area (TPSA) is 46.2 Å². The molecule has 0 amide bonds. The maximum absolute atomic E-state index is 5.58. The summed E-state index contributed by atoms with van der Waals surface area (Å²) in [5.41, 5.74) is 0. The summed E-state index contributed by atoms with van der Waals surface area (Å²) in [5, 5.41) is 0. The lowest BCUT2D eigenvalue weighted by Gasteiger charge is -2.24. The molecule has 0 bridgehead atoms. The van der Waals surface area contributed by atoms with Crippen molar-refractivity contribution in [3.63, 3.8) is 0 Å². The van der Waals surface area contributed by atoms with Gasteiger partial charge in [0.25, 0.3) is 0 Å². The van der Waals surface area contributed by atoms with Crippen molar-refractivity contribution in [2.24, 2.45) is 0 Å². The fourth-order valence-electron chi connectivity index (χ4n) is 1.94. The Bertz CT molecular complexity index is 184. The van der Waals surface area contributed by atoms with Gasteiger partial charge in [0.05, 0.1) is 12.7 Å². The minimum absolute atomic E-state index is 0.296. The van der Waals surface area contributed by atoms with Gasteiger partial charge in [0.1, 0.15) is 0 Å². The molecular formula is C11H24O5Si. The van der Waals surface area contributed by atoms with Gasteiger partial charge in [0.2, 0.25) is 0 Å². The van der Waals surface area contributed by atoms with Crippen molar-refractivity contribution in [3.8, 4) is 0 Å². The highest BCUT2D eigenvalue weighted by Crippen LogP contribution is 2.16. The molecule has 0 radical (unpaired) electrons. The molecular weight excluding hydrogens is 240 g/mol. The van der Waals surface area contributed by atoms with Crippen LogP contribution in [-0.4, -0.2) is 56.1 Å². The van der Waals surface area contributed by atoms with E-state index in [4.69, 9.17) is 22.8 Å². The highest BCUT2D eigenvalue weighted by atomic mass is 28.4. The van der Waals surface area contributed by atoms with Crippen molar-refractivity contribution in [3.05, 3.63) is 0 Å². The van der Waals surface area contributed by atoms with E-state index in [0.29, 0.717) is 19.3 Å². The van der Waals surface area contributed by atoms with Gasteiger partial charge >= 0.3 is 8.80 Å². The third kappa shape index (κ3) is 5.03. The molecule has 5 nitrogen and oxygen atoms in total. The average Bonchev–Trinajstić information content (AvgIpc) is 2.88. The van der Waals surface area contributed by atoms with Crippen LogP contribution in [0.25, 0.3) is 0 Å². The normalized spacial score (nSPS) is 21.0. The molecule has 102 valence electrons. The van der Waals surface area contributed by atoms with E-state index in [2.05, 4.69) is 0 Å². The maximum atomic E-state index is 5.58. The molecule has 0 saturated carbocycles. The van der Waals surface area contributed by atoms with Crippen LogP contribution in [0, 0.1) is 0 Å². The molecule has 1 aliphatic rings. The smallest absolute Gasteiger partial charge is 0.379 e. The summed E-state index contributed by atoms with van der Waals surface area (Å²) < 4.78 is 27.0. The van der Waals surface area contributed by atoms with Crippen LogP contribution in [-0.2, 0) is 22.8 Å². The highest BCUT2D eigenvalue weighted by Gasteiger charge is 2.36. The maximum Gasteiger partial charge on any atom is 0.500 e. The number of hydrogen-bond acceptors (Lipinski definition) is 5. The van der Waals surface area contributed by atoms with Gasteiger partial charge < -0.3 is 22.8 Å². The highest BCUT2D eigenvalue weighted by molar-refractivity contribution is 6.60. The second-order valence-electron chi connectivity index (χ2n) is 4.11. The predicted octanol–water partition coefficient (Wildman–Crippen LogP) is 1.45. The van der Waals surface area contributed by atoms with Crippen molar-refractivity contribution in [1.29, 1.82) is 0 Å². The summed E-state index contributed by atoms with van der Waals surface area (Å²) in [6, 6.07) is 0.780. The number of hydrogen-bond donors (Lipinski definition) is 0. The van der Waals surface area contributed by atoms with E-state index >= 15 is 0 Å². The molecule has 1 unspecified atom stereocenters. The first-order chi connectivity index (χ1) is 8.26. The third-order valence-corrected chi connectivity index (χ3v) is 5.86. The SMILES string of the molecule is CO[Si](CCCOCC1CCCO1)(OC)OC. The van der Waals surface area contributed by atoms with Crippen LogP contribution in [0.4, 0.5) is 0 Å². The van der Waals surface area contributed by atoms with Crippen molar-refractivity contribution in [2.75, 3.05) is 41.2 Å². The van der Waals surface area contributed by atoms with Gasteiger partial charge in [-0.25, -0.2) is 0 Å². The summed E-state index contributed by atoms with van der Waals surface area (Å²) >= 11 is 0. The molecule has 1 rings (SSSR count). The van der Waals surface area contributed by atoms with Gasteiger partial charge in [0.15, 0.2) is 0 Å². The molecule has 0 aromatic heterocycles. The Kier molecular flexibility index (Phi) is 7.25. The summed E-state index contributed by atoms with van der Waals surface area (Å²) in [6.07, 6.45) is 3.45. The molecule has 17 heavy (non-hydrogen) atoms. The lowest BCUT2D eigenvalue weighted by Crippen LogP contribution is -2.42. The molecule has 0 aromatic carbocycles. The van der Waals surface area contributed by atoms with Crippen LogP contribution in [0.5, 0.6) is 0 Å². The molecule has 0 aromatic rings. The van der Waals surface area contributed by atoms with E-state index < -0.39 is 8.80 Å². The minimum Gasteiger partial charge on any atom is -0.379 e. The monoisotopic (exact) mass is 264 g/mol. The Morgan fingerprint density at radius 1 is 1.18 bits per heavy atom. The lowest BCUT2D eigenvalue weighted by molar-refractivity contribution is 0.0162. The summed E-state index contributed by atoms with van der Waals surface area (Å²) in [7, 11) is 2.48. The van der Waals surface area contributed by atoms with Crippen LogP contribution in [0.2, 0.25) is 6.04 Å². The predicted molar refractivity (Wildman–Crippen MR) is 66.0 cm³/mol. The molecule has 0 spiro atoms. The third-order valence-electron chi connectivity index (χ3n) is 3.03. The van der Waals surface area contributed by atoms with Crippen LogP contribution < -0.4 is 0 Å². The Morgan fingerprint density at radius 3 is 2.41 bits per heavy atom. The van der Waals surface area contributed by atoms with E-state index in [1.54, 1.807) is 21.3 Å². The molecule has 1 aliphatic heterocycles. The van der Waals surface area contributed by atoms with Crippen LogP contribution >= 0.6 is 0 Å². The van der Waals surface area contributed by atoms with Crippen LogP contribution in [0.3, 0.4) is 0 Å². The average molecular weight is 264 g/mol. The summed E-state index contributed by atoms with van der Waals surface area (Å²) in [4.78, 5) is 0. The van der Waals surface area contributed by atoms with Gasteiger partial charge in [-0.3, -0.25) is 0 Å². The quantitative estimate of drug-likeness (QED) is 0.466. The molecule has 1 heterocycles. The van der Waals surface area contributed by atoms with Gasteiger partial charge in [-0.15, -0.1) is 0 Å². The van der Waals surface area contributed by atoms with Crippen LogP contribution in [0.15, 0.2) is 0 Å². The summed E-state index contributed by atoms with van der Waals surface area (Å²) in [5.74, 6) is 0. The number of ether oxygens (including phenoxy) is 2. The minimum atomic E-state index is -2.41. The van der Waals surface area contributed by atoms with Crippen molar-refractivity contribution < 1.29 is 22.8 Å². The molecule has 6 heteroatoms. The van der Waals surface area contributed by atoms with E-state index in [-0.39, 0.29) is 0 Å². The zero-order chi connectivity index (χ0) is 12.6. The van der Waals surface area contributed by atoms with Crippen molar-refractivity contribution in [2.45, 2.75) is 31.4 Å².